The number of hydrogen-bond acceptors (Lipinski definition) is 4. The van der Waals surface area contributed by atoms with Gasteiger partial charge in [-0.3, -0.25) is 14.2 Å². The highest BCUT2D eigenvalue weighted by atomic mass is 31.2. The van der Waals surface area contributed by atoms with Crippen LogP contribution in [0.25, 0.3) is 0 Å². The zero-order valence-corrected chi connectivity index (χ0v) is 5.92. The molecule has 1 unspecified atom stereocenters. The Balaban J connectivity index is 3.88. The maximum absolute atomic E-state index is 10.3. The normalized spacial score (nSPS) is 16.3. The van der Waals surface area contributed by atoms with E-state index < -0.39 is 13.8 Å². The summed E-state index contributed by atoms with van der Waals surface area (Å²) in [5.74, 6) is -0.845. The van der Waals surface area contributed by atoms with E-state index in [-0.39, 0.29) is 0 Å². The van der Waals surface area contributed by atoms with Gasteiger partial charge in [0.05, 0.1) is 0 Å². The Bertz CT molecular complexity index is 152. The van der Waals surface area contributed by atoms with Crippen molar-refractivity contribution in [2.75, 3.05) is 7.11 Å². The van der Waals surface area contributed by atoms with Crippen molar-refractivity contribution in [3.05, 3.63) is 0 Å². The van der Waals surface area contributed by atoms with E-state index in [1.165, 1.54) is 0 Å². The Labute approximate surface area is 52.2 Å². The zero-order valence-electron chi connectivity index (χ0n) is 5.03. The van der Waals surface area contributed by atoms with E-state index in [1.54, 1.807) is 0 Å². The van der Waals surface area contributed by atoms with Gasteiger partial charge < -0.3 is 4.52 Å². The van der Waals surface area contributed by atoms with Gasteiger partial charge in [0.15, 0.2) is 0 Å². The first-order valence-corrected chi connectivity index (χ1v) is 3.56. The summed E-state index contributed by atoms with van der Waals surface area (Å²) in [6, 6.07) is 0. The number of carbonyl (C=O) groups is 1. The zero-order chi connectivity index (χ0) is 7.49. The van der Waals surface area contributed by atoms with Gasteiger partial charge in [-0.2, -0.15) is 0 Å². The largest absolute Gasteiger partial charge is 0.529 e. The first-order chi connectivity index (χ1) is 3.98. The first kappa shape index (κ1) is 8.62. The lowest BCUT2D eigenvalue weighted by Crippen LogP contribution is -1.96. The molecule has 0 aromatic carbocycles. The van der Waals surface area contributed by atoms with Crippen molar-refractivity contribution in [1.82, 2.24) is 0 Å². The predicted octanol–water partition coefficient (Wildman–Crippen LogP) is 0.296. The Morgan fingerprint density at radius 3 is 2.22 bits per heavy atom. The molecule has 0 spiro atoms. The SMILES string of the molecule is COP(=O)(O)OC(C)=O. The number of rotatable bonds is 2. The van der Waals surface area contributed by atoms with E-state index in [2.05, 4.69) is 9.05 Å². The van der Waals surface area contributed by atoms with Crippen LogP contribution in [0, 0.1) is 0 Å². The Hall–Kier alpha value is -0.380. The van der Waals surface area contributed by atoms with E-state index >= 15 is 0 Å². The molecule has 0 amide bonds. The van der Waals surface area contributed by atoms with Crippen LogP contribution < -0.4 is 0 Å². The minimum atomic E-state index is -4.08. The van der Waals surface area contributed by atoms with E-state index in [0.29, 0.717) is 0 Å². The fourth-order valence-electron chi connectivity index (χ4n) is 0.200. The van der Waals surface area contributed by atoms with Gasteiger partial charge in [-0.15, -0.1) is 0 Å². The van der Waals surface area contributed by atoms with Gasteiger partial charge >= 0.3 is 13.8 Å². The molecule has 0 saturated heterocycles. The van der Waals surface area contributed by atoms with Crippen molar-refractivity contribution in [1.29, 1.82) is 0 Å². The van der Waals surface area contributed by atoms with Crippen LogP contribution in [-0.2, 0) is 18.4 Å². The molecule has 0 rings (SSSR count). The number of phosphoric ester groups is 1. The van der Waals surface area contributed by atoms with Crippen LogP contribution in [-0.4, -0.2) is 18.0 Å². The topological polar surface area (TPSA) is 72.8 Å². The summed E-state index contributed by atoms with van der Waals surface area (Å²) in [5.41, 5.74) is 0. The summed E-state index contributed by atoms with van der Waals surface area (Å²) in [7, 11) is -3.10. The second kappa shape index (κ2) is 2.96. The fourth-order valence-corrected chi connectivity index (χ4v) is 0.599. The summed E-state index contributed by atoms with van der Waals surface area (Å²) in [6.07, 6.45) is 0. The Kier molecular flexibility index (Phi) is 2.84. The maximum atomic E-state index is 10.3. The molecule has 0 aromatic rings. The molecule has 0 aliphatic heterocycles. The summed E-state index contributed by atoms with van der Waals surface area (Å²) in [5, 5.41) is 0. The molecule has 0 aliphatic rings. The Morgan fingerprint density at radius 1 is 1.67 bits per heavy atom. The molecule has 9 heavy (non-hydrogen) atoms. The van der Waals surface area contributed by atoms with Gasteiger partial charge in [0, 0.05) is 14.0 Å². The molecule has 0 bridgehead atoms. The predicted molar refractivity (Wildman–Crippen MR) is 28.6 cm³/mol. The molecule has 5 nitrogen and oxygen atoms in total. The van der Waals surface area contributed by atoms with E-state index in [9.17, 15) is 9.36 Å². The van der Waals surface area contributed by atoms with Crippen LogP contribution >= 0.6 is 7.82 Å². The molecule has 0 fully saturated rings. The third kappa shape index (κ3) is 4.14. The van der Waals surface area contributed by atoms with Gasteiger partial charge in [-0.25, -0.2) is 4.57 Å². The van der Waals surface area contributed by atoms with Crippen LogP contribution in [0.1, 0.15) is 6.92 Å². The lowest BCUT2D eigenvalue weighted by Gasteiger charge is -2.04. The monoisotopic (exact) mass is 154 g/mol. The van der Waals surface area contributed by atoms with Gasteiger partial charge in [0.2, 0.25) is 0 Å². The third-order valence-corrected chi connectivity index (χ3v) is 1.42. The van der Waals surface area contributed by atoms with Crippen LogP contribution in [0.15, 0.2) is 0 Å². The van der Waals surface area contributed by atoms with E-state index in [0.717, 1.165) is 14.0 Å². The fraction of sp³-hybridized carbons (Fsp3) is 0.667. The van der Waals surface area contributed by atoms with E-state index in [1.807, 2.05) is 0 Å². The maximum Gasteiger partial charge on any atom is 0.529 e. The van der Waals surface area contributed by atoms with Crippen LogP contribution in [0.3, 0.4) is 0 Å². The minimum absolute atomic E-state index is 0.845. The molecule has 0 heterocycles. The smallest absolute Gasteiger partial charge is 0.371 e. The quantitative estimate of drug-likeness (QED) is 0.579. The first-order valence-electron chi connectivity index (χ1n) is 2.06. The van der Waals surface area contributed by atoms with Gasteiger partial charge in [0.1, 0.15) is 0 Å². The second-order valence-corrected chi connectivity index (χ2v) is 2.72. The van der Waals surface area contributed by atoms with Gasteiger partial charge in [-0.05, 0) is 0 Å². The second-order valence-electron chi connectivity index (χ2n) is 1.23. The summed E-state index contributed by atoms with van der Waals surface area (Å²) >= 11 is 0. The molecule has 0 radical (unpaired) electrons. The Morgan fingerprint density at radius 2 is 2.11 bits per heavy atom. The number of phosphoric acid groups is 1. The third-order valence-electron chi connectivity index (χ3n) is 0.475. The van der Waals surface area contributed by atoms with Gasteiger partial charge in [-0.1, -0.05) is 0 Å². The molecule has 54 valence electrons. The van der Waals surface area contributed by atoms with Crippen LogP contribution in [0.5, 0.6) is 0 Å². The molecule has 6 heteroatoms. The van der Waals surface area contributed by atoms with Crippen molar-refractivity contribution in [3.8, 4) is 0 Å². The lowest BCUT2D eigenvalue weighted by molar-refractivity contribution is -0.133. The average molecular weight is 154 g/mol. The minimum Gasteiger partial charge on any atom is -0.371 e. The molecule has 0 aromatic heterocycles. The van der Waals surface area contributed by atoms with Crippen molar-refractivity contribution in [2.24, 2.45) is 0 Å². The highest BCUT2D eigenvalue weighted by molar-refractivity contribution is 7.47. The highest BCUT2D eigenvalue weighted by Crippen LogP contribution is 2.41. The molecule has 1 N–H and O–H groups in total. The summed E-state index contributed by atoms with van der Waals surface area (Å²) < 4.78 is 18.0. The molecule has 0 saturated carbocycles. The number of hydrogen-bond donors (Lipinski definition) is 1. The van der Waals surface area contributed by atoms with Gasteiger partial charge in [0.25, 0.3) is 0 Å². The van der Waals surface area contributed by atoms with Crippen molar-refractivity contribution < 1.29 is 23.3 Å². The number of carbonyl (C=O) groups excluding carboxylic acids is 1. The molecule has 1 atom stereocenters. The van der Waals surface area contributed by atoms with Crippen LogP contribution in [0.4, 0.5) is 0 Å². The summed E-state index contributed by atoms with van der Waals surface area (Å²) in [4.78, 5) is 18.4. The highest BCUT2D eigenvalue weighted by Gasteiger charge is 2.21. The van der Waals surface area contributed by atoms with Crippen molar-refractivity contribution in [3.63, 3.8) is 0 Å². The van der Waals surface area contributed by atoms with Crippen molar-refractivity contribution in [2.45, 2.75) is 6.92 Å². The van der Waals surface area contributed by atoms with Crippen LogP contribution in [0.2, 0.25) is 0 Å². The molecular formula is C3H7O5P. The standard InChI is InChI=1S/C3H7O5P/c1-3(4)8-9(5,6)7-2/h1-2H3,(H,5,6). The lowest BCUT2D eigenvalue weighted by atomic mass is 10.9. The van der Waals surface area contributed by atoms with Crippen molar-refractivity contribution >= 4 is 13.8 Å². The summed E-state index contributed by atoms with van der Waals surface area (Å²) in [6.45, 7) is 1.02. The average Bonchev–Trinajstić information content (AvgIpc) is 1.63. The molecular weight excluding hydrogens is 147 g/mol. The molecule has 0 aliphatic carbocycles. The van der Waals surface area contributed by atoms with E-state index in [4.69, 9.17) is 4.89 Å².